The van der Waals surface area contributed by atoms with E-state index >= 15 is 0 Å². The minimum Gasteiger partial charge on any atom is -0.494 e. The molecule has 0 unspecified atom stereocenters. The molecule has 0 aliphatic carbocycles. The molecule has 0 fully saturated rings. The molecule has 0 radical (unpaired) electrons. The molecule has 0 aromatic heterocycles. The van der Waals surface area contributed by atoms with Gasteiger partial charge >= 0.3 is 0 Å². The second-order valence-corrected chi connectivity index (χ2v) is 3.64. The van der Waals surface area contributed by atoms with Crippen LogP contribution in [-0.4, -0.2) is 6.61 Å². The van der Waals surface area contributed by atoms with Crippen molar-refractivity contribution >= 4 is 0 Å². The molecule has 0 saturated heterocycles. The van der Waals surface area contributed by atoms with E-state index in [0.717, 1.165) is 29.9 Å². The molecule has 0 aliphatic heterocycles. The summed E-state index contributed by atoms with van der Waals surface area (Å²) in [5, 5.41) is 8.76. The summed E-state index contributed by atoms with van der Waals surface area (Å²) in [6.07, 6.45) is 3.50. The molecule has 94 valence electrons. The van der Waals surface area contributed by atoms with Gasteiger partial charge in [-0.05, 0) is 37.1 Å². The maximum Gasteiger partial charge on any atom is 0.119 e. The number of aryl methyl sites for hydroxylation is 1. The zero-order chi connectivity index (χ0) is 13.1. The van der Waals surface area contributed by atoms with Gasteiger partial charge < -0.3 is 4.74 Å². The van der Waals surface area contributed by atoms with Crippen LogP contribution in [0.5, 0.6) is 5.75 Å². The molecule has 2 nitrogen and oxygen atoms in total. The van der Waals surface area contributed by atoms with E-state index in [1.165, 1.54) is 12.8 Å². The molecule has 0 amide bonds. The SMILES string of the molecule is CC.CCCCCOc1ccc(C#N)c(C)c1. The topological polar surface area (TPSA) is 33.0 Å². The molecule has 0 spiro atoms. The molecule has 0 aliphatic rings. The standard InChI is InChI=1S/C13H17NO.C2H6/c1-3-4-5-8-15-13-7-6-12(10-14)11(2)9-13;1-2/h6-7,9H,3-5,8H2,1-2H3;1-2H3. The normalized spacial score (nSPS) is 8.88. The van der Waals surface area contributed by atoms with Crippen molar-refractivity contribution in [3.05, 3.63) is 29.3 Å². The third-order valence-electron chi connectivity index (χ3n) is 2.33. The molecule has 1 aromatic rings. The molecule has 2 heteroatoms. The highest BCUT2D eigenvalue weighted by Gasteiger charge is 1.99. The molecule has 1 rings (SSSR count). The largest absolute Gasteiger partial charge is 0.494 e. The van der Waals surface area contributed by atoms with Crippen LogP contribution in [0.2, 0.25) is 0 Å². The first-order valence-electron chi connectivity index (χ1n) is 6.41. The fourth-order valence-corrected chi connectivity index (χ4v) is 1.39. The zero-order valence-electron chi connectivity index (χ0n) is 11.4. The molecule has 0 N–H and O–H groups in total. The predicted octanol–water partition coefficient (Wildman–Crippen LogP) is 4.46. The molecule has 1 aromatic carbocycles. The molecule has 0 saturated carbocycles. The number of ether oxygens (including phenoxy) is 1. The van der Waals surface area contributed by atoms with Gasteiger partial charge in [-0.3, -0.25) is 0 Å². The number of nitrogens with zero attached hydrogens (tertiary/aromatic N) is 1. The first-order valence-corrected chi connectivity index (χ1v) is 6.41. The Bertz CT molecular complexity index is 352. The summed E-state index contributed by atoms with van der Waals surface area (Å²) >= 11 is 0. The molecule has 17 heavy (non-hydrogen) atoms. The van der Waals surface area contributed by atoms with Gasteiger partial charge in [-0.15, -0.1) is 0 Å². The van der Waals surface area contributed by atoms with Crippen LogP contribution in [0, 0.1) is 18.3 Å². The lowest BCUT2D eigenvalue weighted by Gasteiger charge is -2.06. The van der Waals surface area contributed by atoms with Crippen LogP contribution in [0.4, 0.5) is 0 Å². The fourth-order valence-electron chi connectivity index (χ4n) is 1.39. The van der Waals surface area contributed by atoms with Crippen molar-refractivity contribution in [2.24, 2.45) is 0 Å². The lowest BCUT2D eigenvalue weighted by molar-refractivity contribution is 0.306. The minimum absolute atomic E-state index is 0.718. The second kappa shape index (κ2) is 9.72. The third-order valence-corrected chi connectivity index (χ3v) is 2.33. The lowest BCUT2D eigenvalue weighted by atomic mass is 10.1. The Morgan fingerprint density at radius 2 is 1.94 bits per heavy atom. The average Bonchev–Trinajstić information content (AvgIpc) is 2.37. The smallest absolute Gasteiger partial charge is 0.119 e. The third kappa shape index (κ3) is 5.97. The predicted molar refractivity (Wildman–Crippen MR) is 72.3 cm³/mol. The lowest BCUT2D eigenvalue weighted by Crippen LogP contribution is -1.97. The van der Waals surface area contributed by atoms with Gasteiger partial charge in [0.2, 0.25) is 0 Å². The summed E-state index contributed by atoms with van der Waals surface area (Å²) in [6.45, 7) is 8.86. The van der Waals surface area contributed by atoms with Crippen LogP contribution in [-0.2, 0) is 0 Å². The summed E-state index contributed by atoms with van der Waals surface area (Å²) in [5.41, 5.74) is 1.70. The van der Waals surface area contributed by atoms with Crippen molar-refractivity contribution in [3.8, 4) is 11.8 Å². The van der Waals surface area contributed by atoms with Gasteiger partial charge in [0.05, 0.1) is 18.2 Å². The number of hydrogen-bond acceptors (Lipinski definition) is 2. The highest BCUT2D eigenvalue weighted by molar-refractivity contribution is 5.41. The van der Waals surface area contributed by atoms with E-state index in [9.17, 15) is 0 Å². The fraction of sp³-hybridized carbons (Fsp3) is 0.533. The van der Waals surface area contributed by atoms with E-state index in [1.54, 1.807) is 0 Å². The summed E-state index contributed by atoms with van der Waals surface area (Å²) in [7, 11) is 0. The van der Waals surface area contributed by atoms with Crippen LogP contribution >= 0.6 is 0 Å². The molecular weight excluding hydrogens is 210 g/mol. The maximum atomic E-state index is 8.76. The Labute approximate surface area is 105 Å². The van der Waals surface area contributed by atoms with E-state index in [1.807, 2.05) is 39.0 Å². The summed E-state index contributed by atoms with van der Waals surface area (Å²) < 4.78 is 5.58. The van der Waals surface area contributed by atoms with Crippen LogP contribution in [0.1, 0.15) is 51.2 Å². The van der Waals surface area contributed by atoms with Gasteiger partial charge in [-0.1, -0.05) is 33.6 Å². The van der Waals surface area contributed by atoms with Crippen LogP contribution < -0.4 is 4.74 Å². The van der Waals surface area contributed by atoms with Crippen molar-refractivity contribution in [1.82, 2.24) is 0 Å². The Balaban J connectivity index is 0.00000121. The van der Waals surface area contributed by atoms with E-state index in [0.29, 0.717) is 0 Å². The Morgan fingerprint density at radius 3 is 2.47 bits per heavy atom. The number of hydrogen-bond donors (Lipinski definition) is 0. The first kappa shape index (κ1) is 15.5. The molecule has 0 heterocycles. The van der Waals surface area contributed by atoms with Gasteiger partial charge in [0.15, 0.2) is 0 Å². The highest BCUT2D eigenvalue weighted by Crippen LogP contribution is 2.16. The zero-order valence-corrected chi connectivity index (χ0v) is 11.4. The molecule has 0 bridgehead atoms. The van der Waals surface area contributed by atoms with Gasteiger partial charge in [-0.25, -0.2) is 0 Å². The van der Waals surface area contributed by atoms with Crippen LogP contribution in [0.25, 0.3) is 0 Å². The summed E-state index contributed by atoms with van der Waals surface area (Å²) in [4.78, 5) is 0. The van der Waals surface area contributed by atoms with Gasteiger partial charge in [0, 0.05) is 0 Å². The van der Waals surface area contributed by atoms with Crippen molar-refractivity contribution < 1.29 is 4.74 Å². The highest BCUT2D eigenvalue weighted by atomic mass is 16.5. The second-order valence-electron chi connectivity index (χ2n) is 3.64. The minimum atomic E-state index is 0.718. The number of rotatable bonds is 5. The van der Waals surface area contributed by atoms with Gasteiger partial charge in [-0.2, -0.15) is 5.26 Å². The number of unbranched alkanes of at least 4 members (excludes halogenated alkanes) is 2. The maximum absolute atomic E-state index is 8.76. The quantitative estimate of drug-likeness (QED) is 0.703. The molecular formula is C15H23NO. The number of nitriles is 1. The summed E-state index contributed by atoms with van der Waals surface area (Å²) in [6, 6.07) is 7.73. The van der Waals surface area contributed by atoms with E-state index in [2.05, 4.69) is 13.0 Å². The van der Waals surface area contributed by atoms with E-state index in [-0.39, 0.29) is 0 Å². The van der Waals surface area contributed by atoms with Crippen molar-refractivity contribution in [2.75, 3.05) is 6.61 Å². The Morgan fingerprint density at radius 1 is 1.24 bits per heavy atom. The average molecular weight is 233 g/mol. The van der Waals surface area contributed by atoms with Crippen molar-refractivity contribution in [1.29, 1.82) is 5.26 Å². The monoisotopic (exact) mass is 233 g/mol. The Hall–Kier alpha value is -1.49. The first-order chi connectivity index (χ1) is 8.27. The molecule has 0 atom stereocenters. The summed E-state index contributed by atoms with van der Waals surface area (Å²) in [5.74, 6) is 0.864. The Kier molecular flexibility index (Phi) is 8.86. The number of benzene rings is 1. The van der Waals surface area contributed by atoms with Crippen molar-refractivity contribution in [3.63, 3.8) is 0 Å². The van der Waals surface area contributed by atoms with Crippen LogP contribution in [0.15, 0.2) is 18.2 Å². The van der Waals surface area contributed by atoms with Crippen LogP contribution in [0.3, 0.4) is 0 Å². The van der Waals surface area contributed by atoms with Crippen molar-refractivity contribution in [2.45, 2.75) is 47.0 Å². The van der Waals surface area contributed by atoms with Gasteiger partial charge in [0.25, 0.3) is 0 Å². The van der Waals surface area contributed by atoms with E-state index < -0.39 is 0 Å². The van der Waals surface area contributed by atoms with E-state index in [4.69, 9.17) is 10.00 Å². The van der Waals surface area contributed by atoms with Gasteiger partial charge in [0.1, 0.15) is 5.75 Å².